The molecule has 4 heteroatoms. The number of para-hydroxylation sites is 1. The quantitative estimate of drug-likeness (QED) is 0.799. The maximum atomic E-state index is 10.2. The molecule has 1 atom stereocenters. The van der Waals surface area contributed by atoms with Crippen molar-refractivity contribution in [3.05, 3.63) is 83.9 Å². The molecule has 0 radical (unpaired) electrons. The molecule has 21 heavy (non-hydrogen) atoms. The van der Waals surface area contributed by atoms with E-state index >= 15 is 0 Å². The summed E-state index contributed by atoms with van der Waals surface area (Å²) in [5.74, 6) is 0.237. The highest BCUT2D eigenvalue weighted by atomic mass is 16.3. The summed E-state index contributed by atoms with van der Waals surface area (Å²) < 4.78 is 1.93. The summed E-state index contributed by atoms with van der Waals surface area (Å²) in [6.45, 7) is 0. The molecule has 3 rings (SSSR count). The molecule has 3 aromatic rings. The third kappa shape index (κ3) is 2.49. The fourth-order valence-corrected chi connectivity index (χ4v) is 2.39. The van der Waals surface area contributed by atoms with E-state index in [-0.39, 0.29) is 11.8 Å². The van der Waals surface area contributed by atoms with Gasteiger partial charge in [-0.25, -0.2) is 4.98 Å². The van der Waals surface area contributed by atoms with Gasteiger partial charge in [0.1, 0.15) is 5.75 Å². The highest BCUT2D eigenvalue weighted by Crippen LogP contribution is 2.32. The first-order chi connectivity index (χ1) is 10.3. The summed E-state index contributed by atoms with van der Waals surface area (Å²) in [6.07, 6.45) is 5.28. The van der Waals surface area contributed by atoms with Gasteiger partial charge in [0.15, 0.2) is 0 Å². The average Bonchev–Trinajstić information content (AvgIpc) is 3.04. The van der Waals surface area contributed by atoms with Gasteiger partial charge in [-0.15, -0.1) is 0 Å². The molecule has 0 amide bonds. The van der Waals surface area contributed by atoms with Gasteiger partial charge < -0.3 is 9.67 Å². The number of rotatable bonds is 3. The minimum atomic E-state index is -0.179. The third-order valence-electron chi connectivity index (χ3n) is 3.41. The largest absolute Gasteiger partial charge is 0.508 e. The minimum absolute atomic E-state index is 0.179. The lowest BCUT2D eigenvalue weighted by molar-refractivity contribution is 0.460. The maximum absolute atomic E-state index is 10.2. The van der Waals surface area contributed by atoms with E-state index in [2.05, 4.69) is 11.1 Å². The number of benzene rings is 2. The molecular formula is C17H13N3O. The third-order valence-corrected chi connectivity index (χ3v) is 3.41. The van der Waals surface area contributed by atoms with Crippen LogP contribution in [-0.4, -0.2) is 14.7 Å². The van der Waals surface area contributed by atoms with Crippen LogP contribution in [0.25, 0.3) is 0 Å². The van der Waals surface area contributed by atoms with Gasteiger partial charge in [-0.05, 0) is 23.8 Å². The number of phenols is 1. The van der Waals surface area contributed by atoms with Gasteiger partial charge in [-0.3, -0.25) is 0 Å². The van der Waals surface area contributed by atoms with E-state index in [9.17, 15) is 5.11 Å². The Kier molecular flexibility index (Phi) is 3.40. The summed E-state index contributed by atoms with van der Waals surface area (Å²) in [5.41, 5.74) is 2.38. The molecule has 0 fully saturated rings. The molecule has 0 bridgehead atoms. The number of hydrogen-bond acceptors (Lipinski definition) is 3. The van der Waals surface area contributed by atoms with Gasteiger partial charge >= 0.3 is 0 Å². The zero-order valence-corrected chi connectivity index (χ0v) is 11.2. The van der Waals surface area contributed by atoms with Crippen LogP contribution in [0.5, 0.6) is 5.75 Å². The van der Waals surface area contributed by atoms with Crippen LogP contribution >= 0.6 is 0 Å². The number of nitrogens with zero attached hydrogens (tertiary/aromatic N) is 3. The average molecular weight is 275 g/mol. The second-order valence-electron chi connectivity index (χ2n) is 4.71. The number of imidazole rings is 1. The van der Waals surface area contributed by atoms with Gasteiger partial charge in [0.2, 0.25) is 0 Å². The second kappa shape index (κ2) is 5.51. The molecule has 1 aromatic heterocycles. The van der Waals surface area contributed by atoms with E-state index in [1.165, 1.54) is 0 Å². The van der Waals surface area contributed by atoms with Crippen molar-refractivity contribution in [1.29, 1.82) is 5.26 Å². The first kappa shape index (κ1) is 12.9. The summed E-state index contributed by atoms with van der Waals surface area (Å²) in [5, 5.41) is 19.1. The van der Waals surface area contributed by atoms with Gasteiger partial charge in [-0.2, -0.15) is 5.26 Å². The molecular weight excluding hydrogens is 262 g/mol. The van der Waals surface area contributed by atoms with Crippen molar-refractivity contribution in [3.8, 4) is 11.8 Å². The predicted octanol–water partition coefficient (Wildman–Crippen LogP) is 3.10. The Morgan fingerprint density at radius 3 is 2.48 bits per heavy atom. The van der Waals surface area contributed by atoms with Crippen LogP contribution in [0.1, 0.15) is 22.7 Å². The van der Waals surface area contributed by atoms with Crippen molar-refractivity contribution in [2.45, 2.75) is 6.04 Å². The lowest BCUT2D eigenvalue weighted by atomic mass is 9.97. The molecule has 102 valence electrons. The molecule has 2 aromatic carbocycles. The normalized spacial score (nSPS) is 11.8. The van der Waals surface area contributed by atoms with Gasteiger partial charge in [0.25, 0.3) is 0 Å². The smallest absolute Gasteiger partial charge is 0.121 e. The van der Waals surface area contributed by atoms with Gasteiger partial charge in [0, 0.05) is 18.0 Å². The number of phenolic OH excluding ortho intramolecular Hbond substituents is 1. The Morgan fingerprint density at radius 1 is 1.10 bits per heavy atom. The van der Waals surface area contributed by atoms with Crippen molar-refractivity contribution in [2.24, 2.45) is 0 Å². The Labute approximate surface area is 122 Å². The molecule has 0 spiro atoms. The predicted molar refractivity (Wildman–Crippen MR) is 78.7 cm³/mol. The van der Waals surface area contributed by atoms with Crippen LogP contribution in [0.3, 0.4) is 0 Å². The van der Waals surface area contributed by atoms with Gasteiger partial charge in [-0.1, -0.05) is 30.3 Å². The van der Waals surface area contributed by atoms with Crippen LogP contribution in [0.15, 0.2) is 67.3 Å². The summed E-state index contributed by atoms with van der Waals surface area (Å²) in [6, 6.07) is 16.5. The Bertz CT molecular complexity index is 771. The van der Waals surface area contributed by atoms with Crippen LogP contribution < -0.4 is 0 Å². The summed E-state index contributed by atoms with van der Waals surface area (Å²) in [4.78, 5) is 4.09. The lowest BCUT2D eigenvalue weighted by Crippen LogP contribution is -2.10. The van der Waals surface area contributed by atoms with E-state index in [1.807, 2.05) is 35.0 Å². The molecule has 4 nitrogen and oxygen atoms in total. The lowest BCUT2D eigenvalue weighted by Gasteiger charge is -2.20. The summed E-state index contributed by atoms with van der Waals surface area (Å²) >= 11 is 0. The van der Waals surface area contributed by atoms with E-state index in [4.69, 9.17) is 5.26 Å². The van der Waals surface area contributed by atoms with Crippen molar-refractivity contribution < 1.29 is 5.11 Å². The second-order valence-corrected chi connectivity index (χ2v) is 4.71. The van der Waals surface area contributed by atoms with Crippen molar-refractivity contribution in [2.75, 3.05) is 0 Å². The van der Waals surface area contributed by atoms with E-state index < -0.39 is 0 Å². The van der Waals surface area contributed by atoms with Crippen molar-refractivity contribution in [1.82, 2.24) is 9.55 Å². The maximum Gasteiger partial charge on any atom is 0.121 e. The van der Waals surface area contributed by atoms with Gasteiger partial charge in [0.05, 0.1) is 24.0 Å². The van der Waals surface area contributed by atoms with E-state index in [1.54, 1.807) is 36.8 Å². The molecule has 0 aliphatic rings. The zero-order valence-electron chi connectivity index (χ0n) is 11.2. The Balaban J connectivity index is 2.13. The topological polar surface area (TPSA) is 61.8 Å². The fourth-order valence-electron chi connectivity index (χ4n) is 2.39. The number of hydrogen-bond donors (Lipinski definition) is 1. The molecule has 0 aliphatic heterocycles. The highest BCUT2D eigenvalue weighted by Gasteiger charge is 2.18. The van der Waals surface area contributed by atoms with E-state index in [0.29, 0.717) is 5.56 Å². The molecule has 1 heterocycles. The standard InChI is InChI=1S/C17H13N3O/c18-11-13-5-7-14(8-6-13)17(20-10-9-19-12-20)15-3-1-2-4-16(15)21/h1-10,12,17,21H. The SMILES string of the molecule is N#Cc1ccc(C(c2ccccc2O)n2ccnc2)cc1. The van der Waals surface area contributed by atoms with E-state index in [0.717, 1.165) is 11.1 Å². The van der Waals surface area contributed by atoms with Crippen LogP contribution in [0.4, 0.5) is 0 Å². The van der Waals surface area contributed by atoms with Crippen molar-refractivity contribution in [3.63, 3.8) is 0 Å². The molecule has 1 unspecified atom stereocenters. The Hall–Kier alpha value is -3.06. The zero-order chi connectivity index (χ0) is 14.7. The van der Waals surface area contributed by atoms with Crippen molar-refractivity contribution >= 4 is 0 Å². The highest BCUT2D eigenvalue weighted by molar-refractivity contribution is 5.43. The van der Waals surface area contributed by atoms with Crippen LogP contribution in [0, 0.1) is 11.3 Å². The van der Waals surface area contributed by atoms with Crippen LogP contribution in [-0.2, 0) is 0 Å². The first-order valence-electron chi connectivity index (χ1n) is 6.55. The number of aromatic nitrogens is 2. The fraction of sp³-hybridized carbons (Fsp3) is 0.0588. The molecule has 1 N–H and O–H groups in total. The summed E-state index contributed by atoms with van der Waals surface area (Å²) in [7, 11) is 0. The number of aromatic hydroxyl groups is 1. The molecule has 0 aliphatic carbocycles. The van der Waals surface area contributed by atoms with Crippen LogP contribution in [0.2, 0.25) is 0 Å². The number of nitriles is 1. The first-order valence-corrected chi connectivity index (χ1v) is 6.55. The monoisotopic (exact) mass is 275 g/mol. The minimum Gasteiger partial charge on any atom is -0.508 e. The molecule has 0 saturated heterocycles. The Morgan fingerprint density at radius 2 is 1.86 bits per heavy atom. The molecule has 0 saturated carbocycles.